The highest BCUT2D eigenvalue weighted by Gasteiger charge is 2.19. The van der Waals surface area contributed by atoms with Crippen molar-refractivity contribution in [3.05, 3.63) is 0 Å². The van der Waals surface area contributed by atoms with E-state index >= 15 is 0 Å². The third kappa shape index (κ3) is 1.02. The molecule has 0 aliphatic carbocycles. The van der Waals surface area contributed by atoms with Gasteiger partial charge in [0.05, 0.1) is 0 Å². The molecular formula is C4H8OP2. The summed E-state index contributed by atoms with van der Waals surface area (Å²) < 4.78 is 5.08. The van der Waals surface area contributed by atoms with Crippen LogP contribution in [0.5, 0.6) is 0 Å². The molecule has 1 rings (SSSR count). The molecular weight excluding hydrogens is 126 g/mol. The number of hydrogen-bond donors (Lipinski definition) is 0. The monoisotopic (exact) mass is 134 g/mol. The van der Waals surface area contributed by atoms with Gasteiger partial charge in [0.1, 0.15) is 5.85 Å². The lowest BCUT2D eigenvalue weighted by Crippen LogP contribution is -2.17. The molecule has 0 aromatic carbocycles. The van der Waals surface area contributed by atoms with Gasteiger partial charge in [0, 0.05) is 12.8 Å². The summed E-state index contributed by atoms with van der Waals surface area (Å²) in [4.78, 5) is 0. The molecule has 0 amide bonds. The largest absolute Gasteiger partial charge is 0.371 e. The topological polar surface area (TPSA) is 9.23 Å². The molecule has 1 aliphatic heterocycles. The molecule has 1 aliphatic rings. The van der Waals surface area contributed by atoms with E-state index in [9.17, 15) is 0 Å². The van der Waals surface area contributed by atoms with Crippen molar-refractivity contribution in [1.82, 2.24) is 0 Å². The second kappa shape index (κ2) is 2.22. The van der Waals surface area contributed by atoms with Crippen molar-refractivity contribution >= 4 is 15.7 Å². The maximum atomic E-state index is 5.08. The quantitative estimate of drug-likeness (QED) is 0.499. The molecule has 40 valence electrons. The highest BCUT2D eigenvalue weighted by atomic mass is 31.7. The van der Waals surface area contributed by atoms with Crippen molar-refractivity contribution in [2.45, 2.75) is 18.4 Å². The van der Waals surface area contributed by atoms with Gasteiger partial charge in [0.2, 0.25) is 0 Å². The Balaban J connectivity index is 2.33. The molecule has 0 saturated carbocycles. The van der Waals surface area contributed by atoms with Crippen molar-refractivity contribution in [3.8, 4) is 0 Å². The number of hydrogen-bond acceptors (Lipinski definition) is 1. The van der Waals surface area contributed by atoms with E-state index < -0.39 is 0 Å². The summed E-state index contributed by atoms with van der Waals surface area (Å²) in [6, 6.07) is 0. The first-order chi connectivity index (χ1) is 3.34. The minimum atomic E-state index is 0.543. The van der Waals surface area contributed by atoms with Crippen LogP contribution < -0.4 is 0 Å². The van der Waals surface area contributed by atoms with Gasteiger partial charge < -0.3 is 4.74 Å². The standard InChI is InChI=1S/C4H8OP2/c1-3-4(5-2)7-6-3/h3-4H,1-2H3/t3-,4-/m0/s1. The van der Waals surface area contributed by atoms with E-state index in [0.29, 0.717) is 5.85 Å². The van der Waals surface area contributed by atoms with Crippen molar-refractivity contribution in [2.24, 2.45) is 0 Å². The minimum Gasteiger partial charge on any atom is -0.371 e. The number of rotatable bonds is 1. The normalized spacial score (nSPS) is 42.6. The molecule has 0 spiro atoms. The van der Waals surface area contributed by atoms with Gasteiger partial charge in [0.25, 0.3) is 0 Å². The molecule has 0 radical (unpaired) electrons. The summed E-state index contributed by atoms with van der Waals surface area (Å²) in [5.74, 6) is 0.543. The first-order valence-electron chi connectivity index (χ1n) is 2.27. The zero-order valence-corrected chi connectivity index (χ0v) is 6.25. The first kappa shape index (κ1) is 5.69. The first-order valence-corrected chi connectivity index (χ1v) is 4.90. The fourth-order valence-electron chi connectivity index (χ4n) is 0.499. The Kier molecular flexibility index (Phi) is 1.80. The van der Waals surface area contributed by atoms with Gasteiger partial charge in [0.15, 0.2) is 0 Å². The molecule has 7 heavy (non-hydrogen) atoms. The van der Waals surface area contributed by atoms with Crippen molar-refractivity contribution in [1.29, 1.82) is 0 Å². The lowest BCUT2D eigenvalue weighted by Gasteiger charge is -2.21. The van der Waals surface area contributed by atoms with Crippen LogP contribution in [0.2, 0.25) is 0 Å². The van der Waals surface area contributed by atoms with Crippen LogP contribution in [0.3, 0.4) is 0 Å². The molecule has 0 bridgehead atoms. The molecule has 0 unspecified atom stereocenters. The Morgan fingerprint density at radius 2 is 2.14 bits per heavy atom. The molecule has 0 saturated heterocycles. The fourth-order valence-corrected chi connectivity index (χ4v) is 3.03. The van der Waals surface area contributed by atoms with Crippen LogP contribution in [0.15, 0.2) is 0 Å². The van der Waals surface area contributed by atoms with E-state index in [2.05, 4.69) is 6.92 Å². The van der Waals surface area contributed by atoms with E-state index in [-0.39, 0.29) is 0 Å². The van der Waals surface area contributed by atoms with Gasteiger partial charge in [-0.05, 0) is 7.87 Å². The summed E-state index contributed by atoms with van der Waals surface area (Å²) in [6.07, 6.45) is 0. The third-order valence-corrected chi connectivity index (χ3v) is 5.08. The van der Waals surface area contributed by atoms with Crippen molar-refractivity contribution in [2.75, 3.05) is 7.11 Å². The summed E-state index contributed by atoms with van der Waals surface area (Å²) in [6.45, 7) is 2.21. The van der Waals surface area contributed by atoms with Gasteiger partial charge >= 0.3 is 0 Å². The Hall–Kier alpha value is 0.560. The fraction of sp³-hybridized carbons (Fsp3) is 1.00. The van der Waals surface area contributed by atoms with Gasteiger partial charge in [-0.25, -0.2) is 0 Å². The maximum Gasteiger partial charge on any atom is 0.113 e. The molecule has 1 heterocycles. The van der Waals surface area contributed by atoms with Crippen LogP contribution in [0.1, 0.15) is 6.92 Å². The van der Waals surface area contributed by atoms with Gasteiger partial charge in [-0.2, -0.15) is 0 Å². The average Bonchev–Trinajstić information content (AvgIpc) is 1.65. The lowest BCUT2D eigenvalue weighted by molar-refractivity contribution is 0.170. The Labute approximate surface area is 46.9 Å². The summed E-state index contributed by atoms with van der Waals surface area (Å²) in [7, 11) is 4.77. The van der Waals surface area contributed by atoms with Crippen molar-refractivity contribution in [3.63, 3.8) is 0 Å². The van der Waals surface area contributed by atoms with E-state index in [4.69, 9.17) is 4.74 Å². The SMILES string of the molecule is CO[C@H]1P=P[C@H]1C. The zero-order valence-electron chi connectivity index (χ0n) is 4.46. The van der Waals surface area contributed by atoms with E-state index in [1.54, 1.807) is 7.11 Å². The van der Waals surface area contributed by atoms with Gasteiger partial charge in [-0.3, -0.25) is 0 Å². The molecule has 1 nitrogen and oxygen atoms in total. The van der Waals surface area contributed by atoms with Gasteiger partial charge in [-0.15, -0.1) is 0 Å². The zero-order chi connectivity index (χ0) is 5.28. The summed E-state index contributed by atoms with van der Waals surface area (Å²) in [5, 5.41) is 0. The highest BCUT2D eigenvalue weighted by Crippen LogP contribution is 2.42. The second-order valence-corrected chi connectivity index (χ2v) is 4.77. The Morgan fingerprint density at radius 1 is 1.43 bits per heavy atom. The van der Waals surface area contributed by atoms with Crippen LogP contribution in [0.4, 0.5) is 0 Å². The van der Waals surface area contributed by atoms with Crippen molar-refractivity contribution < 1.29 is 4.74 Å². The van der Waals surface area contributed by atoms with Crippen LogP contribution in [-0.2, 0) is 4.74 Å². The predicted molar refractivity (Wildman–Crippen MR) is 34.1 cm³/mol. The molecule has 0 aromatic rings. The lowest BCUT2D eigenvalue weighted by atomic mass is 10.5. The van der Waals surface area contributed by atoms with Gasteiger partial charge in [-0.1, -0.05) is 14.8 Å². The Bertz CT molecular complexity index is 91.7. The van der Waals surface area contributed by atoms with Crippen LogP contribution in [0.25, 0.3) is 0 Å². The Morgan fingerprint density at radius 3 is 2.14 bits per heavy atom. The van der Waals surface area contributed by atoms with Crippen LogP contribution in [0, 0.1) is 0 Å². The minimum absolute atomic E-state index is 0.543. The van der Waals surface area contributed by atoms with Crippen LogP contribution >= 0.6 is 15.7 Å². The van der Waals surface area contributed by atoms with E-state index in [1.807, 2.05) is 0 Å². The molecule has 3 heteroatoms. The third-order valence-electron chi connectivity index (χ3n) is 1.02. The summed E-state index contributed by atoms with van der Waals surface area (Å²) in [5.41, 5.74) is 0.784. The van der Waals surface area contributed by atoms with E-state index in [0.717, 1.165) is 5.66 Å². The number of methoxy groups -OCH3 is 1. The number of ether oxygens (including phenoxy) is 1. The highest BCUT2D eigenvalue weighted by molar-refractivity contribution is 7.88. The smallest absolute Gasteiger partial charge is 0.113 e. The maximum absolute atomic E-state index is 5.08. The molecule has 0 N–H and O–H groups in total. The average molecular weight is 134 g/mol. The predicted octanol–water partition coefficient (Wildman–Crippen LogP) is 2.17. The molecule has 2 atom stereocenters. The second-order valence-electron chi connectivity index (χ2n) is 1.60. The molecule has 0 fully saturated rings. The van der Waals surface area contributed by atoms with E-state index in [1.165, 1.54) is 15.7 Å². The molecule has 0 aromatic heterocycles. The van der Waals surface area contributed by atoms with Crippen LogP contribution in [-0.4, -0.2) is 18.6 Å². The summed E-state index contributed by atoms with van der Waals surface area (Å²) >= 11 is 0.